The van der Waals surface area contributed by atoms with Crippen LogP contribution in [0, 0.1) is 11.8 Å². The zero-order valence-electron chi connectivity index (χ0n) is 18.7. The maximum Gasteiger partial charge on any atom is 0.122 e. The fourth-order valence-electron chi connectivity index (χ4n) is 2.98. The van der Waals surface area contributed by atoms with E-state index in [1.807, 2.05) is 12.1 Å². The van der Waals surface area contributed by atoms with Gasteiger partial charge in [0.15, 0.2) is 0 Å². The molecular weight excluding hydrogens is 360 g/mol. The van der Waals surface area contributed by atoms with Crippen molar-refractivity contribution in [3.8, 4) is 11.5 Å². The summed E-state index contributed by atoms with van der Waals surface area (Å²) in [5, 5.41) is 0. The molecule has 0 spiro atoms. The lowest BCUT2D eigenvalue weighted by atomic mass is 10.1. The van der Waals surface area contributed by atoms with E-state index in [4.69, 9.17) is 14.2 Å². The second-order valence-electron chi connectivity index (χ2n) is 8.39. The summed E-state index contributed by atoms with van der Waals surface area (Å²) < 4.78 is 17.9. The van der Waals surface area contributed by atoms with Crippen LogP contribution in [-0.4, -0.2) is 26.4 Å². The molecule has 0 saturated heterocycles. The fraction of sp³-hybridized carbons (Fsp3) is 0.538. The van der Waals surface area contributed by atoms with Crippen LogP contribution in [0.5, 0.6) is 11.5 Å². The molecule has 0 N–H and O–H groups in total. The minimum absolute atomic E-state index is 0.655. The molecule has 2 aromatic rings. The van der Waals surface area contributed by atoms with E-state index < -0.39 is 0 Å². The second kappa shape index (κ2) is 13.3. The summed E-state index contributed by atoms with van der Waals surface area (Å²) in [6, 6.07) is 16.6. The number of ether oxygens (including phenoxy) is 3. The van der Waals surface area contributed by atoms with E-state index in [-0.39, 0.29) is 0 Å². The van der Waals surface area contributed by atoms with Crippen molar-refractivity contribution in [2.24, 2.45) is 11.8 Å². The monoisotopic (exact) mass is 398 g/mol. The van der Waals surface area contributed by atoms with Crippen LogP contribution in [0.1, 0.15) is 51.7 Å². The van der Waals surface area contributed by atoms with Gasteiger partial charge in [0.25, 0.3) is 0 Å². The highest BCUT2D eigenvalue weighted by molar-refractivity contribution is 5.34. The molecule has 0 amide bonds. The first-order chi connectivity index (χ1) is 14.1. The van der Waals surface area contributed by atoms with E-state index >= 15 is 0 Å². The molecule has 0 radical (unpaired) electrons. The van der Waals surface area contributed by atoms with Crippen molar-refractivity contribution in [2.75, 3.05) is 26.4 Å². The molecule has 0 aromatic heterocycles. The first-order valence-electron chi connectivity index (χ1n) is 11.1. The van der Waals surface area contributed by atoms with E-state index in [1.165, 1.54) is 11.1 Å². The highest BCUT2D eigenvalue weighted by atomic mass is 16.5. The molecule has 29 heavy (non-hydrogen) atoms. The van der Waals surface area contributed by atoms with Crippen molar-refractivity contribution in [3.63, 3.8) is 0 Å². The summed E-state index contributed by atoms with van der Waals surface area (Å²) in [5.41, 5.74) is 2.43. The lowest BCUT2D eigenvalue weighted by molar-refractivity contribution is 0.138. The minimum Gasteiger partial charge on any atom is -0.493 e. The smallest absolute Gasteiger partial charge is 0.122 e. The van der Waals surface area contributed by atoms with Crippen LogP contribution >= 0.6 is 0 Å². The second-order valence-corrected chi connectivity index (χ2v) is 8.39. The molecule has 0 aliphatic heterocycles. The molecule has 2 aromatic carbocycles. The quantitative estimate of drug-likeness (QED) is 0.348. The summed E-state index contributed by atoms with van der Waals surface area (Å²) in [6.07, 6.45) is 3.88. The van der Waals surface area contributed by atoms with Gasteiger partial charge in [-0.1, -0.05) is 64.1 Å². The van der Waals surface area contributed by atoms with Crippen LogP contribution in [-0.2, 0) is 17.6 Å². The Morgan fingerprint density at radius 3 is 1.41 bits per heavy atom. The van der Waals surface area contributed by atoms with Crippen LogP contribution in [0.4, 0.5) is 0 Å². The van der Waals surface area contributed by atoms with Gasteiger partial charge in [0.05, 0.1) is 26.4 Å². The molecule has 0 fully saturated rings. The molecule has 0 unspecified atom stereocenters. The van der Waals surface area contributed by atoms with Gasteiger partial charge in [0.2, 0.25) is 0 Å². The largest absolute Gasteiger partial charge is 0.493 e. The first kappa shape index (κ1) is 23.3. The average molecular weight is 399 g/mol. The molecule has 0 aliphatic rings. The van der Waals surface area contributed by atoms with Gasteiger partial charge in [-0.25, -0.2) is 0 Å². The summed E-state index contributed by atoms with van der Waals surface area (Å²) in [5.74, 6) is 3.28. The van der Waals surface area contributed by atoms with Gasteiger partial charge in [-0.15, -0.1) is 0 Å². The Balaban J connectivity index is 1.74. The molecule has 0 bridgehead atoms. The molecule has 0 saturated carbocycles. The Hall–Kier alpha value is -2.00. The number of hydrogen-bond donors (Lipinski definition) is 0. The van der Waals surface area contributed by atoms with Crippen LogP contribution in [0.25, 0.3) is 0 Å². The highest BCUT2D eigenvalue weighted by Gasteiger charge is 2.06. The van der Waals surface area contributed by atoms with Crippen molar-refractivity contribution in [1.29, 1.82) is 0 Å². The molecule has 3 heteroatoms. The molecule has 0 heterocycles. The number of rotatable bonds is 14. The number of benzene rings is 2. The third-order valence-corrected chi connectivity index (χ3v) is 4.88. The van der Waals surface area contributed by atoms with E-state index in [2.05, 4.69) is 64.1 Å². The van der Waals surface area contributed by atoms with Gasteiger partial charge in [-0.3, -0.25) is 0 Å². The third kappa shape index (κ3) is 9.36. The van der Waals surface area contributed by atoms with Crippen molar-refractivity contribution in [1.82, 2.24) is 0 Å². The predicted octanol–water partition coefficient (Wildman–Crippen LogP) is 6.34. The summed E-state index contributed by atoms with van der Waals surface area (Å²) in [7, 11) is 0. The minimum atomic E-state index is 0.655. The predicted molar refractivity (Wildman–Crippen MR) is 121 cm³/mol. The normalized spacial score (nSPS) is 11.2. The molecular formula is C26H38O3. The van der Waals surface area contributed by atoms with Crippen molar-refractivity contribution in [2.45, 2.75) is 53.4 Å². The topological polar surface area (TPSA) is 27.7 Å². The molecule has 160 valence electrons. The average Bonchev–Trinajstić information content (AvgIpc) is 2.69. The van der Waals surface area contributed by atoms with Crippen molar-refractivity contribution >= 4 is 0 Å². The maximum absolute atomic E-state index is 5.97. The third-order valence-electron chi connectivity index (χ3n) is 4.88. The highest BCUT2D eigenvalue weighted by Crippen LogP contribution is 2.21. The first-order valence-corrected chi connectivity index (χ1v) is 11.1. The summed E-state index contributed by atoms with van der Waals surface area (Å²) >= 11 is 0. The van der Waals surface area contributed by atoms with E-state index in [0.717, 1.165) is 50.4 Å². The fourth-order valence-corrected chi connectivity index (χ4v) is 2.98. The standard InChI is InChI=1S/C26H38O3/c1-21(2)13-19-28-25-11-7-5-9-23(25)15-17-27-18-16-24-10-6-8-12-26(24)29-20-14-22(3)4/h5-12,21-22H,13-20H2,1-4H3. The Kier molecular flexibility index (Phi) is 10.6. The van der Waals surface area contributed by atoms with Gasteiger partial charge in [0, 0.05) is 0 Å². The van der Waals surface area contributed by atoms with Gasteiger partial charge >= 0.3 is 0 Å². The van der Waals surface area contributed by atoms with Crippen molar-refractivity contribution < 1.29 is 14.2 Å². The Morgan fingerprint density at radius 2 is 1.00 bits per heavy atom. The number of hydrogen-bond acceptors (Lipinski definition) is 3. The molecule has 3 nitrogen and oxygen atoms in total. The molecule has 0 atom stereocenters. The maximum atomic E-state index is 5.97. The zero-order chi connectivity index (χ0) is 20.9. The Morgan fingerprint density at radius 1 is 0.586 bits per heavy atom. The lowest BCUT2D eigenvalue weighted by Crippen LogP contribution is -2.07. The van der Waals surface area contributed by atoms with Crippen LogP contribution < -0.4 is 9.47 Å². The van der Waals surface area contributed by atoms with E-state index in [9.17, 15) is 0 Å². The summed E-state index contributed by atoms with van der Waals surface area (Å²) in [4.78, 5) is 0. The van der Waals surface area contributed by atoms with Crippen LogP contribution in [0.2, 0.25) is 0 Å². The van der Waals surface area contributed by atoms with E-state index in [1.54, 1.807) is 0 Å². The van der Waals surface area contributed by atoms with Crippen LogP contribution in [0.3, 0.4) is 0 Å². The van der Waals surface area contributed by atoms with Crippen LogP contribution in [0.15, 0.2) is 48.5 Å². The molecule has 0 aliphatic carbocycles. The SMILES string of the molecule is CC(C)CCOc1ccccc1CCOCCc1ccccc1OCCC(C)C. The number of para-hydroxylation sites is 2. The lowest BCUT2D eigenvalue weighted by Gasteiger charge is -2.14. The van der Waals surface area contributed by atoms with Gasteiger partial charge in [-0.05, 0) is 60.8 Å². The zero-order valence-corrected chi connectivity index (χ0v) is 18.7. The van der Waals surface area contributed by atoms with E-state index in [0.29, 0.717) is 25.0 Å². The van der Waals surface area contributed by atoms with Gasteiger partial charge < -0.3 is 14.2 Å². The van der Waals surface area contributed by atoms with Gasteiger partial charge in [0.1, 0.15) is 11.5 Å². The Bertz CT molecular complexity index is 634. The molecule has 2 rings (SSSR count). The summed E-state index contributed by atoms with van der Waals surface area (Å²) in [6.45, 7) is 11.8. The van der Waals surface area contributed by atoms with Gasteiger partial charge in [-0.2, -0.15) is 0 Å². The Labute approximate surface area is 177 Å². The van der Waals surface area contributed by atoms with Crippen molar-refractivity contribution in [3.05, 3.63) is 59.7 Å².